The number of carbonyl (C=O) groups is 1. The predicted molar refractivity (Wildman–Crippen MR) is 102 cm³/mol. The molecule has 2 rings (SSSR count). The number of nitro benzene ring substituents is 1. The summed E-state index contributed by atoms with van der Waals surface area (Å²) in [6.07, 6.45) is 0. The van der Waals surface area contributed by atoms with Crippen LogP contribution in [0.1, 0.15) is 42.0 Å². The fourth-order valence-electron chi connectivity index (χ4n) is 2.67. The smallest absolute Gasteiger partial charge is 0.293 e. The lowest BCUT2D eigenvalue weighted by Gasteiger charge is -2.15. The van der Waals surface area contributed by atoms with Gasteiger partial charge in [0.15, 0.2) is 6.61 Å². The molecule has 0 aliphatic carbocycles. The maximum atomic E-state index is 12.3. The first-order chi connectivity index (χ1) is 12.2. The van der Waals surface area contributed by atoms with Gasteiger partial charge in [-0.15, -0.1) is 0 Å². The minimum atomic E-state index is -0.500. The molecule has 0 unspecified atom stereocenters. The number of benzene rings is 2. The molecule has 2 aromatic rings. The van der Waals surface area contributed by atoms with Gasteiger partial charge in [-0.25, -0.2) is 0 Å². The van der Waals surface area contributed by atoms with Gasteiger partial charge < -0.3 is 10.1 Å². The second-order valence-electron chi connectivity index (χ2n) is 6.69. The van der Waals surface area contributed by atoms with E-state index in [0.29, 0.717) is 11.3 Å². The summed E-state index contributed by atoms with van der Waals surface area (Å²) in [5, 5.41) is 13.9. The van der Waals surface area contributed by atoms with Crippen LogP contribution in [0.3, 0.4) is 0 Å². The average Bonchev–Trinajstić information content (AvgIpc) is 2.56. The van der Waals surface area contributed by atoms with Crippen LogP contribution in [0.15, 0.2) is 30.3 Å². The number of aryl methyl sites for hydroxylation is 2. The van der Waals surface area contributed by atoms with Crippen molar-refractivity contribution in [2.75, 3.05) is 11.9 Å². The largest absolute Gasteiger partial charge is 0.483 e. The van der Waals surface area contributed by atoms with Crippen molar-refractivity contribution < 1.29 is 14.5 Å². The number of hydrogen-bond donors (Lipinski definition) is 1. The van der Waals surface area contributed by atoms with E-state index in [0.717, 1.165) is 16.7 Å². The number of carbonyl (C=O) groups excluding carboxylic acids is 1. The molecule has 0 aromatic heterocycles. The molecule has 26 heavy (non-hydrogen) atoms. The molecule has 6 nitrogen and oxygen atoms in total. The SMILES string of the molecule is Cc1ccc(C(C)C)c(OCC(=O)Nc2c([N+](=O)[O-])ccc(C)c2C)c1. The van der Waals surface area contributed by atoms with Crippen LogP contribution in [0.25, 0.3) is 0 Å². The zero-order valence-electron chi connectivity index (χ0n) is 15.8. The zero-order valence-corrected chi connectivity index (χ0v) is 15.8. The number of nitrogens with zero attached hydrogens (tertiary/aromatic N) is 1. The third-order valence-corrected chi connectivity index (χ3v) is 4.32. The normalized spacial score (nSPS) is 10.7. The molecule has 0 saturated heterocycles. The summed E-state index contributed by atoms with van der Waals surface area (Å²) in [7, 11) is 0. The summed E-state index contributed by atoms with van der Waals surface area (Å²) >= 11 is 0. The Balaban J connectivity index is 2.18. The van der Waals surface area contributed by atoms with E-state index >= 15 is 0 Å². The first-order valence-electron chi connectivity index (χ1n) is 8.48. The number of rotatable bonds is 6. The van der Waals surface area contributed by atoms with Crippen molar-refractivity contribution in [1.82, 2.24) is 0 Å². The van der Waals surface area contributed by atoms with Gasteiger partial charge >= 0.3 is 0 Å². The lowest BCUT2D eigenvalue weighted by atomic mass is 10.0. The van der Waals surface area contributed by atoms with Crippen LogP contribution in [0.4, 0.5) is 11.4 Å². The van der Waals surface area contributed by atoms with Crippen molar-refractivity contribution in [3.05, 3.63) is 62.7 Å². The molecule has 0 radical (unpaired) electrons. The molecule has 0 fully saturated rings. The average molecular weight is 356 g/mol. The summed E-state index contributed by atoms with van der Waals surface area (Å²) in [6, 6.07) is 8.95. The van der Waals surface area contributed by atoms with Gasteiger partial charge in [0.1, 0.15) is 11.4 Å². The third-order valence-electron chi connectivity index (χ3n) is 4.32. The van der Waals surface area contributed by atoms with Crippen molar-refractivity contribution in [2.24, 2.45) is 0 Å². The Morgan fingerprint density at radius 1 is 1.19 bits per heavy atom. The predicted octanol–water partition coefficient (Wildman–Crippen LogP) is 4.66. The van der Waals surface area contributed by atoms with Gasteiger partial charge in [0.05, 0.1) is 4.92 Å². The Labute approximate surface area is 153 Å². The van der Waals surface area contributed by atoms with Gasteiger partial charge in [0.25, 0.3) is 11.6 Å². The van der Waals surface area contributed by atoms with E-state index in [2.05, 4.69) is 19.2 Å². The van der Waals surface area contributed by atoms with E-state index < -0.39 is 10.8 Å². The molecule has 0 bridgehead atoms. The number of amides is 1. The minimum absolute atomic E-state index is 0.125. The molecular weight excluding hydrogens is 332 g/mol. The molecule has 2 aromatic carbocycles. The summed E-state index contributed by atoms with van der Waals surface area (Å²) in [5.41, 5.74) is 3.69. The molecule has 6 heteroatoms. The molecule has 0 heterocycles. The van der Waals surface area contributed by atoms with E-state index in [-0.39, 0.29) is 23.9 Å². The van der Waals surface area contributed by atoms with Gasteiger partial charge in [-0.3, -0.25) is 14.9 Å². The first kappa shape index (κ1) is 19.4. The summed E-state index contributed by atoms with van der Waals surface area (Å²) in [6.45, 7) is 9.43. The van der Waals surface area contributed by atoms with Gasteiger partial charge in [-0.05, 0) is 55.0 Å². The molecular formula is C20H24N2O4. The number of hydrogen-bond acceptors (Lipinski definition) is 4. The Hall–Kier alpha value is -2.89. The van der Waals surface area contributed by atoms with E-state index in [1.54, 1.807) is 13.0 Å². The van der Waals surface area contributed by atoms with Gasteiger partial charge in [-0.1, -0.05) is 32.0 Å². The van der Waals surface area contributed by atoms with Crippen LogP contribution < -0.4 is 10.1 Å². The van der Waals surface area contributed by atoms with Crippen LogP contribution in [0, 0.1) is 30.9 Å². The van der Waals surface area contributed by atoms with E-state index in [1.807, 2.05) is 32.0 Å². The van der Waals surface area contributed by atoms with Crippen LogP contribution >= 0.6 is 0 Å². The molecule has 0 aliphatic heterocycles. The van der Waals surface area contributed by atoms with Crippen molar-refractivity contribution in [3.8, 4) is 5.75 Å². The standard InChI is InChI=1S/C20H24N2O4/c1-12(2)16-8-6-13(3)10-18(16)26-11-19(23)21-20-15(5)14(4)7-9-17(20)22(24)25/h6-10,12H,11H2,1-5H3,(H,21,23). The summed E-state index contributed by atoms with van der Waals surface area (Å²) in [5.74, 6) is 0.484. The molecule has 1 amide bonds. The molecule has 0 atom stereocenters. The van der Waals surface area contributed by atoms with Crippen molar-refractivity contribution in [2.45, 2.75) is 40.5 Å². The fraction of sp³-hybridized carbons (Fsp3) is 0.350. The van der Waals surface area contributed by atoms with E-state index in [1.165, 1.54) is 6.07 Å². The van der Waals surface area contributed by atoms with Crippen molar-refractivity contribution >= 4 is 17.3 Å². The zero-order chi connectivity index (χ0) is 19.4. The Morgan fingerprint density at radius 3 is 2.50 bits per heavy atom. The number of nitrogens with one attached hydrogen (secondary N) is 1. The topological polar surface area (TPSA) is 81.5 Å². The van der Waals surface area contributed by atoms with Gasteiger partial charge in [0.2, 0.25) is 0 Å². The molecule has 1 N–H and O–H groups in total. The highest BCUT2D eigenvalue weighted by atomic mass is 16.6. The van der Waals surface area contributed by atoms with Crippen molar-refractivity contribution in [1.29, 1.82) is 0 Å². The number of nitro groups is 1. The number of ether oxygens (including phenoxy) is 1. The summed E-state index contributed by atoms with van der Waals surface area (Å²) < 4.78 is 5.70. The quantitative estimate of drug-likeness (QED) is 0.603. The highest BCUT2D eigenvalue weighted by Gasteiger charge is 2.20. The second-order valence-corrected chi connectivity index (χ2v) is 6.69. The first-order valence-corrected chi connectivity index (χ1v) is 8.48. The monoisotopic (exact) mass is 356 g/mol. The lowest BCUT2D eigenvalue weighted by molar-refractivity contribution is -0.384. The lowest BCUT2D eigenvalue weighted by Crippen LogP contribution is -2.22. The second kappa shape index (κ2) is 7.99. The molecule has 138 valence electrons. The van der Waals surface area contributed by atoms with Crippen LogP contribution in [-0.4, -0.2) is 17.4 Å². The van der Waals surface area contributed by atoms with E-state index in [9.17, 15) is 14.9 Å². The fourth-order valence-corrected chi connectivity index (χ4v) is 2.67. The van der Waals surface area contributed by atoms with Gasteiger partial charge in [0, 0.05) is 6.07 Å². The van der Waals surface area contributed by atoms with Crippen LogP contribution in [0.2, 0.25) is 0 Å². The maximum absolute atomic E-state index is 12.3. The van der Waals surface area contributed by atoms with Crippen LogP contribution in [-0.2, 0) is 4.79 Å². The van der Waals surface area contributed by atoms with Crippen molar-refractivity contribution in [3.63, 3.8) is 0 Å². The summed E-state index contributed by atoms with van der Waals surface area (Å²) in [4.78, 5) is 23.1. The Bertz CT molecular complexity index is 844. The highest BCUT2D eigenvalue weighted by molar-refractivity contribution is 5.95. The number of anilines is 1. The van der Waals surface area contributed by atoms with Gasteiger partial charge in [-0.2, -0.15) is 0 Å². The minimum Gasteiger partial charge on any atom is -0.483 e. The van der Waals surface area contributed by atoms with Crippen LogP contribution in [0.5, 0.6) is 5.75 Å². The maximum Gasteiger partial charge on any atom is 0.293 e. The Kier molecular flexibility index (Phi) is 5.97. The Morgan fingerprint density at radius 2 is 1.88 bits per heavy atom. The molecule has 0 saturated carbocycles. The third kappa shape index (κ3) is 4.39. The molecule has 0 spiro atoms. The highest BCUT2D eigenvalue weighted by Crippen LogP contribution is 2.31. The van der Waals surface area contributed by atoms with E-state index in [4.69, 9.17) is 4.74 Å². The molecule has 0 aliphatic rings.